The normalized spacial score (nSPS) is 11.8. The summed E-state index contributed by atoms with van der Waals surface area (Å²) in [5, 5.41) is 0. The Hall–Kier alpha value is -0.0800. The van der Waals surface area contributed by atoms with Crippen molar-refractivity contribution in [2.24, 2.45) is 0 Å². The molecule has 0 radical (unpaired) electrons. The van der Waals surface area contributed by atoms with Gasteiger partial charge in [-0.3, -0.25) is 0 Å². The molecule has 0 saturated carbocycles. The van der Waals surface area contributed by atoms with Crippen LogP contribution in [0.1, 0.15) is 136 Å². The number of unbranched alkanes of at least 4 members (excludes halogenated alkanes) is 13. The van der Waals surface area contributed by atoms with Crippen LogP contribution in [0.15, 0.2) is 0 Å². The first-order valence-electron chi connectivity index (χ1n) is 13.0. The Morgan fingerprint density at radius 1 is 0.571 bits per heavy atom. The number of hydrogen-bond acceptors (Lipinski definition) is 2. The van der Waals surface area contributed by atoms with Gasteiger partial charge in [-0.2, -0.15) is 0 Å². The van der Waals surface area contributed by atoms with Gasteiger partial charge in [0.05, 0.1) is 6.10 Å². The van der Waals surface area contributed by atoms with Crippen LogP contribution in [0.5, 0.6) is 0 Å². The van der Waals surface area contributed by atoms with Gasteiger partial charge in [0.2, 0.25) is 0 Å². The van der Waals surface area contributed by atoms with Gasteiger partial charge in [0.15, 0.2) is 0 Å². The van der Waals surface area contributed by atoms with Gasteiger partial charge in [0.1, 0.15) is 0 Å². The van der Waals surface area contributed by atoms with Gasteiger partial charge >= 0.3 is 0 Å². The third kappa shape index (κ3) is 20.6. The van der Waals surface area contributed by atoms with Crippen molar-refractivity contribution in [1.29, 1.82) is 0 Å². The molecule has 0 saturated heterocycles. The van der Waals surface area contributed by atoms with Gasteiger partial charge in [-0.25, -0.2) is 0 Å². The molecule has 2 nitrogen and oxygen atoms in total. The number of nitrogens with zero attached hydrogens (tertiary/aromatic N) is 1. The third-order valence-corrected chi connectivity index (χ3v) is 6.09. The molecule has 0 rings (SSSR count). The topological polar surface area (TPSA) is 12.5 Å². The van der Waals surface area contributed by atoms with Crippen molar-refractivity contribution in [3.8, 4) is 0 Å². The summed E-state index contributed by atoms with van der Waals surface area (Å²) in [4.78, 5) is 2.40. The second-order valence-electron chi connectivity index (χ2n) is 8.92. The SMILES string of the molecule is CCCCCCCCCC(CCCCCCCCC)OCCCCN(C)CC. The zero-order chi connectivity index (χ0) is 20.7. The van der Waals surface area contributed by atoms with Crippen LogP contribution in [0.2, 0.25) is 0 Å². The van der Waals surface area contributed by atoms with Crippen molar-refractivity contribution in [1.82, 2.24) is 4.90 Å². The summed E-state index contributed by atoms with van der Waals surface area (Å²) in [6.45, 7) is 10.2. The highest BCUT2D eigenvalue weighted by atomic mass is 16.5. The monoisotopic (exact) mass is 397 g/mol. The van der Waals surface area contributed by atoms with Crippen LogP contribution in [0.3, 0.4) is 0 Å². The highest BCUT2D eigenvalue weighted by molar-refractivity contribution is 4.61. The molecule has 0 aliphatic heterocycles. The summed E-state index contributed by atoms with van der Waals surface area (Å²) >= 11 is 0. The van der Waals surface area contributed by atoms with Crippen LogP contribution in [0.4, 0.5) is 0 Å². The fraction of sp³-hybridized carbons (Fsp3) is 1.00. The quantitative estimate of drug-likeness (QED) is 0.160. The van der Waals surface area contributed by atoms with E-state index in [1.807, 2.05) is 0 Å². The Labute approximate surface area is 179 Å². The van der Waals surface area contributed by atoms with E-state index in [2.05, 4.69) is 32.7 Å². The molecule has 0 aromatic carbocycles. The van der Waals surface area contributed by atoms with E-state index < -0.39 is 0 Å². The van der Waals surface area contributed by atoms with Gasteiger partial charge in [-0.15, -0.1) is 0 Å². The minimum Gasteiger partial charge on any atom is -0.378 e. The van der Waals surface area contributed by atoms with E-state index in [0.717, 1.165) is 13.2 Å². The molecule has 0 atom stereocenters. The molecule has 0 spiro atoms. The molecule has 0 N–H and O–H groups in total. The molecule has 2 heteroatoms. The Bertz CT molecular complexity index is 264. The fourth-order valence-corrected chi connectivity index (χ4v) is 3.86. The molecular formula is C26H55NO. The Kier molecular flexibility index (Phi) is 23.1. The minimum absolute atomic E-state index is 0.523. The van der Waals surface area contributed by atoms with Crippen molar-refractivity contribution in [3.63, 3.8) is 0 Å². The van der Waals surface area contributed by atoms with Crippen molar-refractivity contribution >= 4 is 0 Å². The van der Waals surface area contributed by atoms with E-state index in [1.54, 1.807) is 0 Å². The molecule has 28 heavy (non-hydrogen) atoms. The van der Waals surface area contributed by atoms with E-state index >= 15 is 0 Å². The zero-order valence-corrected chi connectivity index (χ0v) is 20.3. The molecule has 170 valence electrons. The van der Waals surface area contributed by atoms with Crippen LogP contribution >= 0.6 is 0 Å². The average molecular weight is 398 g/mol. The summed E-state index contributed by atoms with van der Waals surface area (Å²) in [5.41, 5.74) is 0. The fourth-order valence-electron chi connectivity index (χ4n) is 3.86. The Balaban J connectivity index is 3.86. The molecule has 0 aliphatic rings. The predicted molar refractivity (Wildman–Crippen MR) is 127 cm³/mol. The summed E-state index contributed by atoms with van der Waals surface area (Å²) in [5.74, 6) is 0. The zero-order valence-electron chi connectivity index (χ0n) is 20.3. The summed E-state index contributed by atoms with van der Waals surface area (Å²) in [6.07, 6.45) is 25.2. The number of rotatable bonds is 23. The van der Waals surface area contributed by atoms with E-state index in [1.165, 1.54) is 122 Å². The molecule has 0 aliphatic carbocycles. The molecule has 0 fully saturated rings. The second-order valence-corrected chi connectivity index (χ2v) is 8.92. The molecule has 0 amide bonds. The second kappa shape index (κ2) is 23.2. The van der Waals surface area contributed by atoms with Gasteiger partial charge in [0, 0.05) is 6.61 Å². The Morgan fingerprint density at radius 3 is 1.50 bits per heavy atom. The van der Waals surface area contributed by atoms with Gasteiger partial charge in [-0.05, 0) is 45.8 Å². The molecule has 0 aromatic heterocycles. The van der Waals surface area contributed by atoms with E-state index in [9.17, 15) is 0 Å². The van der Waals surface area contributed by atoms with E-state index in [0.29, 0.717) is 6.10 Å². The largest absolute Gasteiger partial charge is 0.378 e. The first-order valence-corrected chi connectivity index (χ1v) is 13.0. The standard InChI is InChI=1S/C26H55NO/c1-5-8-10-12-14-16-18-22-26(23-19-17-15-13-11-9-6-2)28-25-21-20-24-27(4)7-3/h26H,5-25H2,1-4H3. The molecule has 0 bridgehead atoms. The minimum atomic E-state index is 0.523. The van der Waals surface area contributed by atoms with Crippen LogP contribution in [0.25, 0.3) is 0 Å². The van der Waals surface area contributed by atoms with Crippen molar-refractivity contribution in [2.75, 3.05) is 26.7 Å². The summed E-state index contributed by atoms with van der Waals surface area (Å²) < 4.78 is 6.33. The lowest BCUT2D eigenvalue weighted by Crippen LogP contribution is -2.20. The lowest BCUT2D eigenvalue weighted by atomic mass is 10.0. The smallest absolute Gasteiger partial charge is 0.0575 e. The summed E-state index contributed by atoms with van der Waals surface area (Å²) in [6, 6.07) is 0. The maximum absolute atomic E-state index is 6.33. The molecule has 0 unspecified atom stereocenters. The molecule has 0 aromatic rings. The van der Waals surface area contributed by atoms with Gasteiger partial charge in [0.25, 0.3) is 0 Å². The maximum Gasteiger partial charge on any atom is 0.0575 e. The van der Waals surface area contributed by atoms with Crippen LogP contribution in [0, 0.1) is 0 Å². The average Bonchev–Trinajstić information content (AvgIpc) is 2.71. The van der Waals surface area contributed by atoms with Crippen molar-refractivity contribution in [2.45, 2.75) is 142 Å². The van der Waals surface area contributed by atoms with Gasteiger partial charge < -0.3 is 9.64 Å². The molecule has 0 heterocycles. The highest BCUT2D eigenvalue weighted by Crippen LogP contribution is 2.17. The van der Waals surface area contributed by atoms with Crippen LogP contribution in [-0.2, 0) is 4.74 Å². The van der Waals surface area contributed by atoms with Crippen molar-refractivity contribution < 1.29 is 4.74 Å². The van der Waals surface area contributed by atoms with Crippen LogP contribution < -0.4 is 0 Å². The third-order valence-electron chi connectivity index (χ3n) is 6.09. The molecular weight excluding hydrogens is 342 g/mol. The lowest BCUT2D eigenvalue weighted by molar-refractivity contribution is 0.0351. The maximum atomic E-state index is 6.33. The first-order chi connectivity index (χ1) is 13.7. The van der Waals surface area contributed by atoms with E-state index in [-0.39, 0.29) is 0 Å². The number of hydrogen-bond donors (Lipinski definition) is 0. The Morgan fingerprint density at radius 2 is 1.04 bits per heavy atom. The number of ether oxygens (including phenoxy) is 1. The first kappa shape index (κ1) is 27.9. The highest BCUT2D eigenvalue weighted by Gasteiger charge is 2.09. The predicted octanol–water partition coefficient (Wildman–Crippen LogP) is 8.38. The van der Waals surface area contributed by atoms with Crippen molar-refractivity contribution in [3.05, 3.63) is 0 Å². The van der Waals surface area contributed by atoms with E-state index in [4.69, 9.17) is 4.74 Å². The lowest BCUT2D eigenvalue weighted by Gasteiger charge is -2.19. The van der Waals surface area contributed by atoms with Crippen LogP contribution in [-0.4, -0.2) is 37.7 Å². The van der Waals surface area contributed by atoms with Gasteiger partial charge in [-0.1, -0.05) is 111 Å². The summed E-state index contributed by atoms with van der Waals surface area (Å²) in [7, 11) is 2.21.